The zero-order valence-corrected chi connectivity index (χ0v) is 22.0. The van der Waals surface area contributed by atoms with Gasteiger partial charge in [0, 0.05) is 6.55 Å². The summed E-state index contributed by atoms with van der Waals surface area (Å²) in [7, 11) is -3.09. The van der Waals surface area contributed by atoms with Crippen LogP contribution in [0.4, 0.5) is 0 Å². The molecule has 3 atom stereocenters. The van der Waals surface area contributed by atoms with E-state index in [-0.39, 0.29) is 18.3 Å². The molecule has 0 heterocycles. The van der Waals surface area contributed by atoms with Crippen molar-refractivity contribution >= 4 is 8.80 Å². The molecule has 0 saturated heterocycles. The second-order valence-corrected chi connectivity index (χ2v) is 11.0. The van der Waals surface area contributed by atoms with E-state index in [2.05, 4.69) is 0 Å². The lowest BCUT2D eigenvalue weighted by molar-refractivity contribution is -0.0293. The van der Waals surface area contributed by atoms with E-state index in [1.165, 1.54) is 0 Å². The summed E-state index contributed by atoms with van der Waals surface area (Å²) in [6.07, 6.45) is -0.718. The molecule has 0 fully saturated rings. The maximum Gasteiger partial charge on any atom is 0.498 e. The minimum atomic E-state index is -3.09. The summed E-state index contributed by atoms with van der Waals surface area (Å²) in [4.78, 5) is 0. The molecule has 0 aromatic heterocycles. The molecule has 3 aromatic rings. The van der Waals surface area contributed by atoms with Gasteiger partial charge in [-0.15, -0.1) is 0 Å². The fourth-order valence-corrected chi connectivity index (χ4v) is 6.04. The number of ether oxygens (including phenoxy) is 3. The van der Waals surface area contributed by atoms with E-state index in [1.54, 1.807) is 0 Å². The predicted molar refractivity (Wildman–Crippen MR) is 139 cm³/mol. The van der Waals surface area contributed by atoms with Crippen molar-refractivity contribution in [1.82, 2.24) is 0 Å². The number of rotatable bonds is 15. The van der Waals surface area contributed by atoms with Crippen molar-refractivity contribution in [2.45, 2.75) is 45.6 Å². The number of hydrogen-bond donors (Lipinski definition) is 0. The first-order valence-corrected chi connectivity index (χ1v) is 14.2. The molecule has 0 amide bonds. The molecule has 35 heavy (non-hydrogen) atoms. The molecule has 0 aliphatic heterocycles. The standard InChI is InChI=1S/C28H36O6Si/c1-23(20-29-26-14-8-5-9-15-26)32-35(4,33-24(2)21-30-27-16-10-6-11-17-27)34-25(3)22-31-28-18-12-7-13-19-28/h5-19,23-25H,20-22H2,1-4H3. The first kappa shape index (κ1) is 26.8. The SMILES string of the molecule is CC(COc1ccccc1)O[Si](C)(OC(C)COc1ccccc1)OC(C)COc1ccccc1. The molecule has 3 unspecified atom stereocenters. The van der Waals surface area contributed by atoms with Crippen molar-refractivity contribution in [3.05, 3.63) is 91.0 Å². The summed E-state index contributed by atoms with van der Waals surface area (Å²) in [5.74, 6) is 2.38. The smallest absolute Gasteiger partial charge is 0.491 e. The normalized spacial score (nSPS) is 15.4. The highest BCUT2D eigenvalue weighted by Gasteiger charge is 2.41. The highest BCUT2D eigenvalue weighted by molar-refractivity contribution is 6.59. The van der Waals surface area contributed by atoms with Gasteiger partial charge >= 0.3 is 8.80 Å². The lowest BCUT2D eigenvalue weighted by atomic mass is 10.3. The zero-order valence-electron chi connectivity index (χ0n) is 21.0. The van der Waals surface area contributed by atoms with Crippen LogP contribution in [0.1, 0.15) is 20.8 Å². The van der Waals surface area contributed by atoms with Gasteiger partial charge in [-0.25, -0.2) is 0 Å². The quantitative estimate of drug-likeness (QED) is 0.240. The number of para-hydroxylation sites is 3. The van der Waals surface area contributed by atoms with E-state index in [9.17, 15) is 0 Å². The minimum Gasteiger partial charge on any atom is -0.491 e. The van der Waals surface area contributed by atoms with E-state index in [1.807, 2.05) is 118 Å². The lowest BCUT2D eigenvalue weighted by Gasteiger charge is -2.33. The Bertz CT molecular complexity index is 832. The van der Waals surface area contributed by atoms with Crippen molar-refractivity contribution in [3.63, 3.8) is 0 Å². The summed E-state index contributed by atoms with van der Waals surface area (Å²) < 4.78 is 36.7. The summed E-state index contributed by atoms with van der Waals surface area (Å²) in [5, 5.41) is 0. The van der Waals surface area contributed by atoms with Gasteiger partial charge in [0.15, 0.2) is 0 Å². The van der Waals surface area contributed by atoms with E-state index in [4.69, 9.17) is 27.5 Å². The van der Waals surface area contributed by atoms with Gasteiger partial charge in [0.25, 0.3) is 0 Å². The van der Waals surface area contributed by atoms with Gasteiger partial charge in [-0.05, 0) is 57.2 Å². The fraction of sp³-hybridized carbons (Fsp3) is 0.357. The van der Waals surface area contributed by atoms with Gasteiger partial charge in [0.05, 0.1) is 18.3 Å². The van der Waals surface area contributed by atoms with Gasteiger partial charge in [-0.3, -0.25) is 0 Å². The predicted octanol–water partition coefficient (Wildman–Crippen LogP) is 6.01. The molecule has 0 spiro atoms. The van der Waals surface area contributed by atoms with E-state index in [0.29, 0.717) is 19.8 Å². The molecule has 3 rings (SSSR count). The van der Waals surface area contributed by atoms with Crippen LogP contribution in [-0.2, 0) is 13.3 Å². The van der Waals surface area contributed by atoms with Crippen molar-refractivity contribution in [2.24, 2.45) is 0 Å². The summed E-state index contributed by atoms with van der Waals surface area (Å²) in [6.45, 7) is 8.91. The minimum absolute atomic E-state index is 0.239. The third-order valence-electron chi connectivity index (χ3n) is 4.93. The second-order valence-electron chi connectivity index (χ2n) is 8.52. The van der Waals surface area contributed by atoms with Gasteiger partial charge < -0.3 is 27.5 Å². The number of benzene rings is 3. The largest absolute Gasteiger partial charge is 0.498 e. The Morgan fingerprint density at radius 1 is 0.486 bits per heavy atom. The van der Waals surface area contributed by atoms with E-state index in [0.717, 1.165) is 17.2 Å². The molecule has 0 saturated carbocycles. The Morgan fingerprint density at radius 2 is 0.743 bits per heavy atom. The Balaban J connectivity index is 1.58. The first-order valence-electron chi connectivity index (χ1n) is 12.0. The van der Waals surface area contributed by atoms with Crippen molar-refractivity contribution in [2.75, 3.05) is 19.8 Å². The van der Waals surface area contributed by atoms with E-state index >= 15 is 0 Å². The zero-order chi connectivity index (χ0) is 24.9. The van der Waals surface area contributed by atoms with Crippen LogP contribution in [0, 0.1) is 0 Å². The third-order valence-corrected chi connectivity index (χ3v) is 7.42. The summed E-state index contributed by atoms with van der Waals surface area (Å²) >= 11 is 0. The summed E-state index contributed by atoms with van der Waals surface area (Å²) in [5.41, 5.74) is 0. The highest BCUT2D eigenvalue weighted by atomic mass is 28.4. The maximum absolute atomic E-state index is 6.36. The van der Waals surface area contributed by atoms with Crippen LogP contribution in [0.5, 0.6) is 17.2 Å². The average Bonchev–Trinajstić information content (AvgIpc) is 2.86. The van der Waals surface area contributed by atoms with Gasteiger partial charge in [-0.2, -0.15) is 0 Å². The van der Waals surface area contributed by atoms with Gasteiger partial charge in [0.1, 0.15) is 37.1 Å². The second kappa shape index (κ2) is 13.9. The molecule has 0 radical (unpaired) electrons. The van der Waals surface area contributed by atoms with Crippen LogP contribution in [0.2, 0.25) is 6.55 Å². The Morgan fingerprint density at radius 3 is 1.00 bits per heavy atom. The monoisotopic (exact) mass is 496 g/mol. The molecule has 0 aliphatic rings. The molecule has 6 nitrogen and oxygen atoms in total. The van der Waals surface area contributed by atoms with Crippen molar-refractivity contribution < 1.29 is 27.5 Å². The lowest BCUT2D eigenvalue weighted by Crippen LogP contribution is -2.51. The Hall–Kier alpha value is -2.84. The van der Waals surface area contributed by atoms with Crippen LogP contribution in [0.3, 0.4) is 0 Å². The first-order chi connectivity index (χ1) is 16.9. The van der Waals surface area contributed by atoms with Gasteiger partial charge in [-0.1, -0.05) is 54.6 Å². The Kier molecular flexibility index (Phi) is 10.6. The fourth-order valence-electron chi connectivity index (χ4n) is 3.47. The maximum atomic E-state index is 6.36. The summed E-state index contributed by atoms with van der Waals surface area (Å²) in [6, 6.07) is 29.0. The van der Waals surface area contributed by atoms with Crippen LogP contribution in [0.25, 0.3) is 0 Å². The topological polar surface area (TPSA) is 55.4 Å². The van der Waals surface area contributed by atoms with Crippen LogP contribution < -0.4 is 14.2 Å². The molecule has 188 valence electrons. The molecule has 3 aromatic carbocycles. The molecular formula is C28H36O6Si. The molecule has 0 aliphatic carbocycles. The molecule has 7 heteroatoms. The van der Waals surface area contributed by atoms with Crippen LogP contribution in [-0.4, -0.2) is 46.9 Å². The van der Waals surface area contributed by atoms with Gasteiger partial charge in [0.2, 0.25) is 0 Å². The van der Waals surface area contributed by atoms with E-state index < -0.39 is 8.80 Å². The van der Waals surface area contributed by atoms with Crippen LogP contribution in [0.15, 0.2) is 91.0 Å². The average molecular weight is 497 g/mol. The van der Waals surface area contributed by atoms with Crippen LogP contribution >= 0.6 is 0 Å². The molecular weight excluding hydrogens is 460 g/mol. The van der Waals surface area contributed by atoms with Crippen molar-refractivity contribution in [3.8, 4) is 17.2 Å². The highest BCUT2D eigenvalue weighted by Crippen LogP contribution is 2.20. The molecule has 0 N–H and O–H groups in total. The third kappa shape index (κ3) is 10.1. The molecule has 0 bridgehead atoms. The van der Waals surface area contributed by atoms with Crippen molar-refractivity contribution in [1.29, 1.82) is 0 Å². The number of hydrogen-bond acceptors (Lipinski definition) is 6. The Labute approximate surface area is 210 Å².